The highest BCUT2D eigenvalue weighted by molar-refractivity contribution is 5.95. The highest BCUT2D eigenvalue weighted by Crippen LogP contribution is 2.33. The molecule has 192 valence electrons. The second-order valence-electron chi connectivity index (χ2n) is 11.1. The molecule has 0 spiro atoms. The van der Waals surface area contributed by atoms with Crippen LogP contribution in [0.5, 0.6) is 0 Å². The molecule has 6 rings (SSSR count). The molecule has 3 aromatic rings. The first-order valence-electron chi connectivity index (χ1n) is 13.0. The van der Waals surface area contributed by atoms with Gasteiger partial charge in [0.2, 0.25) is 0 Å². The minimum Gasteiger partial charge on any atom is -0.356 e. The molecule has 0 atom stereocenters. The number of carbonyl (C=O) groups is 2. The SMILES string of the molecule is Cc1cc(C(=O)N2Cc3cn[nH]c3C(C)(C)C2)cc(N2CCC(N3Cc4ccccc4NC3=O)CC2)n1. The molecule has 0 aliphatic carbocycles. The maximum atomic E-state index is 13.6. The summed E-state index contributed by atoms with van der Waals surface area (Å²) in [6, 6.07) is 11.9. The van der Waals surface area contributed by atoms with E-state index >= 15 is 0 Å². The van der Waals surface area contributed by atoms with Gasteiger partial charge in [0.1, 0.15) is 5.82 Å². The number of rotatable bonds is 3. The first kappa shape index (κ1) is 23.5. The number of aryl methyl sites for hydroxylation is 1. The third-order valence-corrected chi connectivity index (χ3v) is 7.91. The number of aromatic amines is 1. The summed E-state index contributed by atoms with van der Waals surface area (Å²) in [7, 11) is 0. The minimum absolute atomic E-state index is 0.0187. The van der Waals surface area contributed by atoms with Crippen LogP contribution in [0.1, 0.15) is 59.6 Å². The van der Waals surface area contributed by atoms with E-state index in [1.54, 1.807) is 0 Å². The second-order valence-corrected chi connectivity index (χ2v) is 11.1. The number of para-hydroxylation sites is 1. The lowest BCUT2D eigenvalue weighted by Gasteiger charge is -2.41. The molecule has 3 aliphatic rings. The fraction of sp³-hybridized carbons (Fsp3) is 0.429. The normalized spacial score (nSPS) is 19.3. The molecule has 5 heterocycles. The van der Waals surface area contributed by atoms with Crippen LogP contribution in [0.2, 0.25) is 0 Å². The average molecular weight is 500 g/mol. The van der Waals surface area contributed by atoms with Gasteiger partial charge in [0.25, 0.3) is 5.91 Å². The number of amides is 3. The van der Waals surface area contributed by atoms with Gasteiger partial charge in [-0.05, 0) is 43.5 Å². The number of carbonyl (C=O) groups excluding carboxylic acids is 2. The molecule has 0 saturated carbocycles. The van der Waals surface area contributed by atoms with Gasteiger partial charge in [0.05, 0.1) is 6.20 Å². The van der Waals surface area contributed by atoms with E-state index in [9.17, 15) is 9.59 Å². The van der Waals surface area contributed by atoms with Gasteiger partial charge in [-0.1, -0.05) is 32.0 Å². The van der Waals surface area contributed by atoms with Crippen LogP contribution in [0.3, 0.4) is 0 Å². The smallest absolute Gasteiger partial charge is 0.322 e. The number of urea groups is 1. The Hall–Kier alpha value is -3.88. The molecule has 0 unspecified atom stereocenters. The lowest BCUT2D eigenvalue weighted by atomic mass is 9.83. The third-order valence-electron chi connectivity index (χ3n) is 7.91. The van der Waals surface area contributed by atoms with E-state index in [0.717, 1.165) is 60.0 Å². The van der Waals surface area contributed by atoms with Gasteiger partial charge < -0.3 is 20.0 Å². The number of H-pyrrole nitrogens is 1. The molecule has 2 aromatic heterocycles. The number of aromatic nitrogens is 3. The number of hydrogen-bond acceptors (Lipinski definition) is 5. The van der Waals surface area contributed by atoms with E-state index in [1.807, 2.05) is 53.3 Å². The van der Waals surface area contributed by atoms with Crippen molar-refractivity contribution in [3.05, 3.63) is 70.7 Å². The Bertz CT molecular complexity index is 1360. The maximum Gasteiger partial charge on any atom is 0.322 e. The van der Waals surface area contributed by atoms with Gasteiger partial charge in [-0.3, -0.25) is 9.89 Å². The zero-order chi connectivity index (χ0) is 25.7. The summed E-state index contributed by atoms with van der Waals surface area (Å²) in [6.45, 7) is 9.61. The van der Waals surface area contributed by atoms with Crippen LogP contribution in [0.25, 0.3) is 0 Å². The maximum absolute atomic E-state index is 13.6. The monoisotopic (exact) mass is 499 g/mol. The molecule has 3 amide bonds. The summed E-state index contributed by atoms with van der Waals surface area (Å²) < 4.78 is 0. The Labute approximate surface area is 216 Å². The molecule has 9 heteroatoms. The molecule has 9 nitrogen and oxygen atoms in total. The van der Waals surface area contributed by atoms with Crippen molar-refractivity contribution >= 4 is 23.4 Å². The van der Waals surface area contributed by atoms with Crippen molar-refractivity contribution in [2.75, 3.05) is 29.9 Å². The summed E-state index contributed by atoms with van der Waals surface area (Å²) in [5.74, 6) is 0.848. The molecule has 1 saturated heterocycles. The largest absolute Gasteiger partial charge is 0.356 e. The summed E-state index contributed by atoms with van der Waals surface area (Å²) in [5, 5.41) is 10.3. The van der Waals surface area contributed by atoms with Crippen molar-refractivity contribution < 1.29 is 9.59 Å². The molecule has 37 heavy (non-hydrogen) atoms. The van der Waals surface area contributed by atoms with Crippen LogP contribution in [0.15, 0.2) is 42.6 Å². The Balaban J connectivity index is 1.15. The lowest BCUT2D eigenvalue weighted by molar-refractivity contribution is 0.0684. The number of benzene rings is 1. The quantitative estimate of drug-likeness (QED) is 0.566. The molecule has 2 N–H and O–H groups in total. The topological polar surface area (TPSA) is 97.5 Å². The number of anilines is 2. The van der Waals surface area contributed by atoms with Crippen LogP contribution in [-0.4, -0.2) is 62.6 Å². The van der Waals surface area contributed by atoms with Crippen LogP contribution in [0, 0.1) is 6.92 Å². The summed E-state index contributed by atoms with van der Waals surface area (Å²) in [4.78, 5) is 37.3. The predicted molar refractivity (Wildman–Crippen MR) is 142 cm³/mol. The zero-order valence-corrected chi connectivity index (χ0v) is 21.6. The van der Waals surface area contributed by atoms with Gasteiger partial charge in [-0.2, -0.15) is 5.10 Å². The lowest BCUT2D eigenvalue weighted by Crippen LogP contribution is -2.50. The third kappa shape index (κ3) is 4.32. The first-order valence-corrected chi connectivity index (χ1v) is 13.0. The number of pyridine rings is 1. The van der Waals surface area contributed by atoms with Crippen LogP contribution >= 0.6 is 0 Å². The van der Waals surface area contributed by atoms with Gasteiger partial charge >= 0.3 is 6.03 Å². The van der Waals surface area contributed by atoms with Crippen LogP contribution in [-0.2, 0) is 18.5 Å². The fourth-order valence-corrected chi connectivity index (χ4v) is 6.02. The Morgan fingerprint density at radius 1 is 1.08 bits per heavy atom. The highest BCUT2D eigenvalue weighted by atomic mass is 16.2. The van der Waals surface area contributed by atoms with Crippen molar-refractivity contribution in [1.82, 2.24) is 25.0 Å². The first-order chi connectivity index (χ1) is 17.8. The van der Waals surface area contributed by atoms with Gasteiger partial charge in [0, 0.05) is 72.4 Å². The standard InChI is InChI=1S/C28H33N7O2/c1-18-12-20(26(36)34-15-21-14-29-32-25(21)28(2,3)17-34)13-24(30-18)33-10-8-22(9-11-33)35-16-19-6-4-5-7-23(19)31-27(35)37/h4-7,12-14,22H,8-11,15-17H2,1-3H3,(H,29,32)(H,31,37). The van der Waals surface area contributed by atoms with E-state index in [4.69, 9.17) is 4.98 Å². The summed E-state index contributed by atoms with van der Waals surface area (Å²) in [5.41, 5.74) is 5.54. The zero-order valence-electron chi connectivity index (χ0n) is 21.6. The molecule has 0 radical (unpaired) electrons. The highest BCUT2D eigenvalue weighted by Gasteiger charge is 2.36. The van der Waals surface area contributed by atoms with E-state index in [2.05, 4.69) is 40.3 Å². The second kappa shape index (κ2) is 8.90. The van der Waals surface area contributed by atoms with Crippen molar-refractivity contribution in [2.45, 2.75) is 58.2 Å². The number of fused-ring (bicyclic) bond motifs is 2. The van der Waals surface area contributed by atoms with Crippen LogP contribution in [0.4, 0.5) is 16.3 Å². The molecule has 0 bridgehead atoms. The van der Waals surface area contributed by atoms with Gasteiger partial charge in [-0.15, -0.1) is 0 Å². The van der Waals surface area contributed by atoms with Crippen molar-refractivity contribution in [2.24, 2.45) is 0 Å². The fourth-order valence-electron chi connectivity index (χ4n) is 6.02. The number of hydrogen-bond donors (Lipinski definition) is 2. The molecular weight excluding hydrogens is 466 g/mol. The number of piperidine rings is 1. The summed E-state index contributed by atoms with van der Waals surface area (Å²) >= 11 is 0. The van der Waals surface area contributed by atoms with E-state index < -0.39 is 0 Å². The predicted octanol–water partition coefficient (Wildman–Crippen LogP) is 4.06. The van der Waals surface area contributed by atoms with Crippen molar-refractivity contribution in [1.29, 1.82) is 0 Å². The van der Waals surface area contributed by atoms with E-state index in [0.29, 0.717) is 25.2 Å². The minimum atomic E-state index is -0.187. The van der Waals surface area contributed by atoms with E-state index in [-0.39, 0.29) is 23.4 Å². The van der Waals surface area contributed by atoms with E-state index in [1.165, 1.54) is 0 Å². The number of nitrogens with one attached hydrogen (secondary N) is 2. The molecule has 1 fully saturated rings. The van der Waals surface area contributed by atoms with Gasteiger partial charge in [0.15, 0.2) is 0 Å². The molecule has 1 aromatic carbocycles. The number of nitrogens with zero attached hydrogens (tertiary/aromatic N) is 5. The van der Waals surface area contributed by atoms with Crippen LogP contribution < -0.4 is 10.2 Å². The molecular formula is C28H33N7O2. The van der Waals surface area contributed by atoms with Crippen molar-refractivity contribution in [3.63, 3.8) is 0 Å². The Morgan fingerprint density at radius 3 is 2.68 bits per heavy atom. The van der Waals surface area contributed by atoms with Crippen molar-refractivity contribution in [3.8, 4) is 0 Å². The molecule has 3 aliphatic heterocycles. The Kier molecular flexibility index (Phi) is 5.66. The summed E-state index contributed by atoms with van der Waals surface area (Å²) in [6.07, 6.45) is 3.54. The van der Waals surface area contributed by atoms with Gasteiger partial charge in [-0.25, -0.2) is 9.78 Å². The Morgan fingerprint density at radius 2 is 1.86 bits per heavy atom. The average Bonchev–Trinajstić information content (AvgIpc) is 3.37.